The molecular weight excluding hydrogens is 382 g/mol. The van der Waals surface area contributed by atoms with Crippen molar-refractivity contribution < 1.29 is 19.1 Å². The van der Waals surface area contributed by atoms with Gasteiger partial charge >= 0.3 is 6.03 Å². The van der Waals surface area contributed by atoms with E-state index >= 15 is 0 Å². The average molecular weight is 407 g/mol. The Balaban J connectivity index is 1.86. The largest absolute Gasteiger partial charge is 0.497 e. The lowest BCUT2D eigenvalue weighted by Crippen LogP contribution is -2.44. The van der Waals surface area contributed by atoms with Crippen molar-refractivity contribution in [2.75, 3.05) is 26.7 Å². The van der Waals surface area contributed by atoms with Gasteiger partial charge in [0.05, 0.1) is 7.11 Å². The van der Waals surface area contributed by atoms with Crippen molar-refractivity contribution >= 4 is 28.6 Å². The molecule has 2 aromatic rings. The highest BCUT2D eigenvalue weighted by Gasteiger charge is 2.49. The Labute approximate surface area is 175 Å². The molecule has 156 valence electrons. The number of carbonyl (C=O) groups is 3. The summed E-state index contributed by atoms with van der Waals surface area (Å²) in [5.41, 5.74) is -0.616. The minimum absolute atomic E-state index is 0.305. The zero-order valence-corrected chi connectivity index (χ0v) is 17.2. The summed E-state index contributed by atoms with van der Waals surface area (Å²) < 4.78 is 5.24. The van der Waals surface area contributed by atoms with E-state index in [0.29, 0.717) is 18.7 Å². The smallest absolute Gasteiger partial charge is 0.325 e. The van der Waals surface area contributed by atoms with Crippen LogP contribution in [0.1, 0.15) is 12.5 Å². The van der Waals surface area contributed by atoms with Gasteiger partial charge in [0.2, 0.25) is 5.91 Å². The molecular formula is C23H25N3O4. The van der Waals surface area contributed by atoms with Crippen LogP contribution in [0.3, 0.4) is 0 Å². The van der Waals surface area contributed by atoms with Crippen LogP contribution in [0.25, 0.3) is 10.8 Å². The van der Waals surface area contributed by atoms with Crippen LogP contribution in [-0.2, 0) is 15.1 Å². The van der Waals surface area contributed by atoms with Crippen molar-refractivity contribution in [3.63, 3.8) is 0 Å². The number of methoxy groups -OCH3 is 1. The number of ether oxygens (including phenoxy) is 1. The number of nitrogens with zero attached hydrogens (tertiary/aromatic N) is 2. The Bertz CT molecular complexity index is 1020. The van der Waals surface area contributed by atoms with Gasteiger partial charge in [-0.05, 0) is 41.5 Å². The summed E-state index contributed by atoms with van der Waals surface area (Å²) in [5.74, 6) is -0.0842. The Hall–Kier alpha value is -3.61. The van der Waals surface area contributed by atoms with Crippen molar-refractivity contribution in [2.45, 2.75) is 12.5 Å². The molecule has 2 aromatic carbocycles. The average Bonchev–Trinajstić information content (AvgIpc) is 2.96. The third-order valence-electron chi connectivity index (χ3n) is 5.24. The predicted octanol–water partition coefficient (Wildman–Crippen LogP) is 2.82. The van der Waals surface area contributed by atoms with E-state index in [2.05, 4.69) is 18.5 Å². The molecule has 1 heterocycles. The van der Waals surface area contributed by atoms with Crippen molar-refractivity contribution in [3.8, 4) is 5.75 Å². The van der Waals surface area contributed by atoms with Gasteiger partial charge in [-0.2, -0.15) is 0 Å². The summed E-state index contributed by atoms with van der Waals surface area (Å²) in [6, 6.07) is 10.6. The van der Waals surface area contributed by atoms with Gasteiger partial charge in [0.1, 0.15) is 17.8 Å². The predicted molar refractivity (Wildman–Crippen MR) is 115 cm³/mol. The number of benzene rings is 2. The highest BCUT2D eigenvalue weighted by molar-refractivity contribution is 6.09. The lowest BCUT2D eigenvalue weighted by molar-refractivity contribution is -0.138. The molecule has 1 fully saturated rings. The molecule has 0 spiro atoms. The molecule has 1 aliphatic heterocycles. The monoisotopic (exact) mass is 407 g/mol. The molecule has 0 aromatic heterocycles. The fourth-order valence-electron chi connectivity index (χ4n) is 3.52. The van der Waals surface area contributed by atoms with Crippen molar-refractivity contribution in [3.05, 3.63) is 67.3 Å². The van der Waals surface area contributed by atoms with E-state index in [4.69, 9.17) is 4.74 Å². The summed E-state index contributed by atoms with van der Waals surface area (Å²) in [5, 5.41) is 4.61. The highest BCUT2D eigenvalue weighted by atomic mass is 16.5. The van der Waals surface area contributed by atoms with Crippen LogP contribution in [0.4, 0.5) is 4.79 Å². The van der Waals surface area contributed by atoms with Crippen LogP contribution < -0.4 is 10.1 Å². The zero-order chi connectivity index (χ0) is 21.9. The number of urea groups is 1. The van der Waals surface area contributed by atoms with Crippen LogP contribution in [0.2, 0.25) is 0 Å². The molecule has 0 bridgehead atoms. The summed E-state index contributed by atoms with van der Waals surface area (Å²) in [4.78, 5) is 40.7. The van der Waals surface area contributed by atoms with Gasteiger partial charge in [-0.25, -0.2) is 4.79 Å². The van der Waals surface area contributed by atoms with Crippen LogP contribution in [0.5, 0.6) is 5.75 Å². The molecule has 1 aliphatic rings. The van der Waals surface area contributed by atoms with Crippen LogP contribution in [0, 0.1) is 0 Å². The first kappa shape index (κ1) is 21.1. The minimum atomic E-state index is -1.26. The Morgan fingerprint density at radius 3 is 2.40 bits per heavy atom. The van der Waals surface area contributed by atoms with Crippen molar-refractivity contribution in [1.82, 2.24) is 15.1 Å². The number of fused-ring (bicyclic) bond motifs is 1. The fraction of sp³-hybridized carbons (Fsp3) is 0.261. The zero-order valence-electron chi connectivity index (χ0n) is 17.2. The first-order valence-electron chi connectivity index (χ1n) is 9.56. The van der Waals surface area contributed by atoms with E-state index in [-0.39, 0.29) is 12.5 Å². The number of rotatable bonds is 8. The quantitative estimate of drug-likeness (QED) is 0.539. The molecule has 7 heteroatoms. The third kappa shape index (κ3) is 3.78. The summed E-state index contributed by atoms with van der Waals surface area (Å²) in [6.07, 6.45) is 3.17. The summed E-state index contributed by atoms with van der Waals surface area (Å²) in [6.45, 7) is 9.18. The van der Waals surface area contributed by atoms with Gasteiger partial charge in [-0.3, -0.25) is 14.5 Å². The van der Waals surface area contributed by atoms with E-state index in [1.165, 1.54) is 4.90 Å². The van der Waals surface area contributed by atoms with Gasteiger partial charge in [-0.15, -0.1) is 13.2 Å². The number of amides is 4. The standard InChI is InChI=1S/C23H25N3O4/c1-5-11-25(12-6-2)20(27)15-26-21(28)23(3,24-22(26)29)18-9-7-17-14-19(30-4)10-8-16(17)13-18/h5-10,13-14H,1-2,11-12,15H2,3-4H3,(H,24,29)/t23-/m1/s1. The van der Waals surface area contributed by atoms with Crippen LogP contribution in [-0.4, -0.2) is 54.4 Å². The molecule has 0 radical (unpaired) electrons. The summed E-state index contributed by atoms with van der Waals surface area (Å²) >= 11 is 0. The molecule has 0 unspecified atom stereocenters. The van der Waals surface area contributed by atoms with E-state index in [9.17, 15) is 14.4 Å². The number of imide groups is 1. The second-order valence-electron chi connectivity index (χ2n) is 7.25. The van der Waals surface area contributed by atoms with E-state index < -0.39 is 17.5 Å². The molecule has 1 saturated heterocycles. The minimum Gasteiger partial charge on any atom is -0.497 e. The maximum absolute atomic E-state index is 13.2. The van der Waals surface area contributed by atoms with Gasteiger partial charge in [0.15, 0.2) is 0 Å². The lowest BCUT2D eigenvalue weighted by atomic mass is 9.90. The fourth-order valence-corrected chi connectivity index (χ4v) is 3.52. The second kappa shape index (κ2) is 8.41. The molecule has 4 amide bonds. The molecule has 1 atom stereocenters. The third-order valence-corrected chi connectivity index (χ3v) is 5.24. The van der Waals surface area contributed by atoms with E-state index in [1.54, 1.807) is 32.3 Å². The van der Waals surface area contributed by atoms with Gasteiger partial charge in [0.25, 0.3) is 5.91 Å². The topological polar surface area (TPSA) is 79.0 Å². The Kier molecular flexibility index (Phi) is 5.91. The van der Waals surface area contributed by atoms with Crippen molar-refractivity contribution in [2.24, 2.45) is 0 Å². The lowest BCUT2D eigenvalue weighted by Gasteiger charge is -2.24. The normalized spacial score (nSPS) is 18.3. The number of hydrogen-bond acceptors (Lipinski definition) is 4. The molecule has 1 N–H and O–H groups in total. The first-order chi connectivity index (χ1) is 14.3. The Morgan fingerprint density at radius 1 is 1.13 bits per heavy atom. The number of hydrogen-bond donors (Lipinski definition) is 1. The SMILES string of the molecule is C=CCN(CC=C)C(=O)CN1C(=O)N[C@](C)(c2ccc3cc(OC)ccc3c2)C1=O. The maximum Gasteiger partial charge on any atom is 0.325 e. The molecule has 0 aliphatic carbocycles. The van der Waals surface area contributed by atoms with Gasteiger partial charge in [0, 0.05) is 13.1 Å². The van der Waals surface area contributed by atoms with Crippen LogP contribution >= 0.6 is 0 Å². The molecule has 3 rings (SSSR count). The first-order valence-corrected chi connectivity index (χ1v) is 9.56. The number of nitrogens with one attached hydrogen (secondary N) is 1. The molecule has 30 heavy (non-hydrogen) atoms. The highest BCUT2D eigenvalue weighted by Crippen LogP contribution is 2.32. The van der Waals surface area contributed by atoms with E-state index in [1.807, 2.05) is 30.3 Å². The molecule has 0 saturated carbocycles. The van der Waals surface area contributed by atoms with Crippen LogP contribution in [0.15, 0.2) is 61.7 Å². The number of carbonyl (C=O) groups excluding carboxylic acids is 3. The Morgan fingerprint density at radius 2 is 1.77 bits per heavy atom. The van der Waals surface area contributed by atoms with Gasteiger partial charge in [-0.1, -0.05) is 30.4 Å². The second-order valence-corrected chi connectivity index (χ2v) is 7.25. The van der Waals surface area contributed by atoms with Crippen molar-refractivity contribution in [1.29, 1.82) is 0 Å². The van der Waals surface area contributed by atoms with E-state index in [0.717, 1.165) is 21.4 Å². The summed E-state index contributed by atoms with van der Waals surface area (Å²) in [7, 11) is 1.60. The molecule has 7 nitrogen and oxygen atoms in total. The maximum atomic E-state index is 13.2. The van der Waals surface area contributed by atoms with Gasteiger partial charge < -0.3 is 15.0 Å².